The minimum atomic E-state index is -0.432. The minimum absolute atomic E-state index is 0.148. The number of urea groups is 1. The minimum Gasteiger partial charge on any atom is -0.508 e. The first-order valence-electron chi connectivity index (χ1n) is 6.81. The number of nitrogens with zero attached hydrogens (tertiary/aromatic N) is 1. The summed E-state index contributed by atoms with van der Waals surface area (Å²) in [5.41, 5.74) is 1.84. The maximum Gasteiger partial charge on any atom is 0.329 e. The molecule has 2 aromatic carbocycles. The first-order valence-corrected chi connectivity index (χ1v) is 6.81. The highest BCUT2D eigenvalue weighted by molar-refractivity contribution is 6.13. The standard InChI is InChI=1S/C17H14N2O3/c20-14-8-6-12(7-9-14)10-15-16(21)19(17(22)18-15)11-13-4-2-1-3-5-13/h1-10,20H,11H2,(H,18,22)/b15-10+. The fourth-order valence-corrected chi connectivity index (χ4v) is 2.22. The molecule has 3 amide bonds. The number of imide groups is 1. The van der Waals surface area contributed by atoms with Crippen LogP contribution >= 0.6 is 0 Å². The van der Waals surface area contributed by atoms with Crippen molar-refractivity contribution < 1.29 is 14.7 Å². The first kappa shape index (κ1) is 13.9. The zero-order valence-electron chi connectivity index (χ0n) is 11.7. The van der Waals surface area contributed by atoms with Crippen LogP contribution in [0.4, 0.5) is 4.79 Å². The van der Waals surface area contributed by atoms with E-state index in [1.807, 2.05) is 30.3 Å². The lowest BCUT2D eigenvalue weighted by atomic mass is 10.2. The van der Waals surface area contributed by atoms with E-state index in [9.17, 15) is 14.7 Å². The van der Waals surface area contributed by atoms with Crippen molar-refractivity contribution in [3.05, 3.63) is 71.4 Å². The van der Waals surface area contributed by atoms with E-state index < -0.39 is 6.03 Å². The average molecular weight is 294 g/mol. The van der Waals surface area contributed by atoms with Gasteiger partial charge in [-0.2, -0.15) is 0 Å². The van der Waals surface area contributed by atoms with Crippen molar-refractivity contribution >= 4 is 18.0 Å². The summed E-state index contributed by atoms with van der Waals surface area (Å²) in [6.45, 7) is 0.235. The number of hydrogen-bond acceptors (Lipinski definition) is 3. The van der Waals surface area contributed by atoms with Crippen LogP contribution in [-0.4, -0.2) is 21.9 Å². The molecule has 2 N–H and O–H groups in total. The number of phenolic OH excluding ortho intramolecular Hbond substituents is 1. The summed E-state index contributed by atoms with van der Waals surface area (Å²) in [4.78, 5) is 25.4. The Morgan fingerprint density at radius 1 is 1.00 bits per heavy atom. The molecule has 0 radical (unpaired) electrons. The molecule has 0 atom stereocenters. The van der Waals surface area contributed by atoms with E-state index in [4.69, 9.17) is 0 Å². The van der Waals surface area contributed by atoms with E-state index in [0.717, 1.165) is 11.1 Å². The van der Waals surface area contributed by atoms with Gasteiger partial charge in [0.25, 0.3) is 5.91 Å². The molecule has 0 spiro atoms. The van der Waals surface area contributed by atoms with Crippen LogP contribution in [0.2, 0.25) is 0 Å². The van der Waals surface area contributed by atoms with E-state index >= 15 is 0 Å². The third-order valence-electron chi connectivity index (χ3n) is 3.35. The van der Waals surface area contributed by atoms with Crippen LogP contribution in [0.15, 0.2) is 60.3 Å². The van der Waals surface area contributed by atoms with E-state index in [-0.39, 0.29) is 23.9 Å². The summed E-state index contributed by atoms with van der Waals surface area (Å²) in [5.74, 6) is -0.212. The van der Waals surface area contributed by atoms with Crippen molar-refractivity contribution in [2.75, 3.05) is 0 Å². The monoisotopic (exact) mass is 294 g/mol. The van der Waals surface area contributed by atoms with Crippen LogP contribution in [0.5, 0.6) is 5.75 Å². The molecule has 1 heterocycles. The molecular formula is C17H14N2O3. The number of carbonyl (C=O) groups is 2. The Bertz CT molecular complexity index is 736. The predicted octanol–water partition coefficient (Wildman–Crippen LogP) is 2.49. The molecule has 0 bridgehead atoms. The topological polar surface area (TPSA) is 69.6 Å². The lowest BCUT2D eigenvalue weighted by molar-refractivity contribution is -0.123. The van der Waals surface area contributed by atoms with Crippen LogP contribution in [0.25, 0.3) is 6.08 Å². The van der Waals surface area contributed by atoms with Gasteiger partial charge in [0.05, 0.1) is 6.54 Å². The lowest BCUT2D eigenvalue weighted by Crippen LogP contribution is -2.30. The van der Waals surface area contributed by atoms with Crippen molar-refractivity contribution in [2.45, 2.75) is 6.54 Å². The van der Waals surface area contributed by atoms with Crippen molar-refractivity contribution in [1.82, 2.24) is 10.2 Å². The molecule has 0 aromatic heterocycles. The van der Waals surface area contributed by atoms with Gasteiger partial charge in [-0.3, -0.25) is 9.69 Å². The number of nitrogens with one attached hydrogen (secondary N) is 1. The molecule has 2 aromatic rings. The van der Waals surface area contributed by atoms with Crippen molar-refractivity contribution in [3.63, 3.8) is 0 Å². The first-order chi connectivity index (χ1) is 10.6. The predicted molar refractivity (Wildman–Crippen MR) is 81.6 cm³/mol. The number of carbonyl (C=O) groups excluding carboxylic acids is 2. The summed E-state index contributed by atoms with van der Waals surface area (Å²) < 4.78 is 0. The number of amides is 3. The third kappa shape index (κ3) is 2.83. The van der Waals surface area contributed by atoms with Crippen molar-refractivity contribution in [1.29, 1.82) is 0 Å². The van der Waals surface area contributed by atoms with Crippen LogP contribution in [0.1, 0.15) is 11.1 Å². The Balaban J connectivity index is 1.80. The number of hydrogen-bond donors (Lipinski definition) is 2. The van der Waals surface area contributed by atoms with Gasteiger partial charge in [-0.1, -0.05) is 42.5 Å². The molecule has 1 aliphatic heterocycles. The highest BCUT2D eigenvalue weighted by atomic mass is 16.3. The second-order valence-corrected chi connectivity index (χ2v) is 4.96. The highest BCUT2D eigenvalue weighted by Crippen LogP contribution is 2.18. The van der Waals surface area contributed by atoms with Gasteiger partial charge in [0, 0.05) is 0 Å². The quantitative estimate of drug-likeness (QED) is 0.675. The Morgan fingerprint density at radius 3 is 2.36 bits per heavy atom. The molecule has 5 heteroatoms. The smallest absolute Gasteiger partial charge is 0.329 e. The summed E-state index contributed by atoms with van der Waals surface area (Å²) in [6.07, 6.45) is 1.59. The Kier molecular flexibility index (Phi) is 3.62. The number of phenols is 1. The SMILES string of the molecule is O=C1N/C(=C/c2ccc(O)cc2)C(=O)N1Cc1ccccc1. The maximum atomic E-state index is 12.3. The van der Waals surface area contributed by atoms with Crippen LogP contribution < -0.4 is 5.32 Å². The average Bonchev–Trinajstić information content (AvgIpc) is 2.78. The molecule has 22 heavy (non-hydrogen) atoms. The third-order valence-corrected chi connectivity index (χ3v) is 3.35. The van der Waals surface area contributed by atoms with E-state index in [0.29, 0.717) is 0 Å². The molecule has 0 aliphatic carbocycles. The van der Waals surface area contributed by atoms with Gasteiger partial charge in [-0.05, 0) is 29.3 Å². The number of rotatable bonds is 3. The zero-order valence-corrected chi connectivity index (χ0v) is 11.7. The molecule has 0 unspecified atom stereocenters. The fraction of sp³-hybridized carbons (Fsp3) is 0.0588. The van der Waals surface area contributed by atoms with Crippen molar-refractivity contribution in [3.8, 4) is 5.75 Å². The van der Waals surface area contributed by atoms with Gasteiger partial charge in [-0.15, -0.1) is 0 Å². The molecule has 1 fully saturated rings. The second-order valence-electron chi connectivity index (χ2n) is 4.96. The van der Waals surface area contributed by atoms with E-state index in [2.05, 4.69) is 5.32 Å². The maximum absolute atomic E-state index is 12.3. The van der Waals surface area contributed by atoms with Crippen LogP contribution in [-0.2, 0) is 11.3 Å². The van der Waals surface area contributed by atoms with Gasteiger partial charge in [0.1, 0.15) is 11.4 Å². The summed E-state index contributed by atoms with van der Waals surface area (Å²) in [7, 11) is 0. The molecule has 3 rings (SSSR count). The lowest BCUT2D eigenvalue weighted by Gasteiger charge is -2.11. The summed E-state index contributed by atoms with van der Waals surface area (Å²) in [6, 6.07) is 15.3. The van der Waals surface area contributed by atoms with E-state index in [1.165, 1.54) is 17.0 Å². The number of aromatic hydroxyl groups is 1. The normalized spacial score (nSPS) is 16.2. The van der Waals surface area contributed by atoms with Crippen LogP contribution in [0.3, 0.4) is 0 Å². The Labute approximate surface area is 127 Å². The van der Waals surface area contributed by atoms with Crippen LogP contribution in [0, 0.1) is 0 Å². The molecule has 1 aliphatic rings. The molecule has 110 valence electrons. The highest BCUT2D eigenvalue weighted by Gasteiger charge is 2.33. The second kappa shape index (κ2) is 5.73. The summed E-state index contributed by atoms with van der Waals surface area (Å²) >= 11 is 0. The van der Waals surface area contributed by atoms with Gasteiger partial charge in [0.2, 0.25) is 0 Å². The van der Waals surface area contributed by atoms with Gasteiger partial charge in [0.15, 0.2) is 0 Å². The molecule has 0 saturated carbocycles. The molecule has 1 saturated heterocycles. The van der Waals surface area contributed by atoms with Crippen molar-refractivity contribution in [2.24, 2.45) is 0 Å². The van der Waals surface area contributed by atoms with Gasteiger partial charge < -0.3 is 10.4 Å². The zero-order chi connectivity index (χ0) is 15.5. The number of benzene rings is 2. The molecular weight excluding hydrogens is 280 g/mol. The molecule has 5 nitrogen and oxygen atoms in total. The Hall–Kier alpha value is -3.08. The fourth-order valence-electron chi connectivity index (χ4n) is 2.22. The van der Waals surface area contributed by atoms with E-state index in [1.54, 1.807) is 18.2 Å². The Morgan fingerprint density at radius 2 is 1.68 bits per heavy atom. The summed E-state index contributed by atoms with van der Waals surface area (Å²) in [5, 5.41) is 11.8. The van der Waals surface area contributed by atoms with Gasteiger partial charge >= 0.3 is 6.03 Å². The largest absolute Gasteiger partial charge is 0.508 e. The van der Waals surface area contributed by atoms with Gasteiger partial charge in [-0.25, -0.2) is 4.79 Å².